The molecule has 2 aromatic rings. The molecule has 1 saturated heterocycles. The van der Waals surface area contributed by atoms with Gasteiger partial charge in [0.2, 0.25) is 11.8 Å². The van der Waals surface area contributed by atoms with Gasteiger partial charge in [0.25, 0.3) is 5.69 Å². The number of likely N-dealkylation sites (N-methyl/N-ethyl adjacent to an activating group) is 1. The molecule has 12 heteroatoms. The predicted octanol–water partition coefficient (Wildman–Crippen LogP) is 3.14. The Morgan fingerprint density at radius 2 is 1.71 bits per heavy atom. The summed E-state index contributed by atoms with van der Waals surface area (Å²) in [5.74, 6) is -0.595. The van der Waals surface area contributed by atoms with Gasteiger partial charge in [-0.25, -0.2) is 0 Å². The maximum atomic E-state index is 12.9. The van der Waals surface area contributed by atoms with Gasteiger partial charge < -0.3 is 15.1 Å². The molecular formula is C23H26F3N5O4. The number of alkyl halides is 3. The zero-order valence-electron chi connectivity index (χ0n) is 19.3. The number of rotatable bonds is 7. The number of nitrogens with zero attached hydrogens (tertiary/aromatic N) is 4. The topological polar surface area (TPSA) is 99.0 Å². The highest BCUT2D eigenvalue weighted by molar-refractivity contribution is 5.94. The van der Waals surface area contributed by atoms with Crippen molar-refractivity contribution in [2.45, 2.75) is 13.1 Å². The van der Waals surface area contributed by atoms with Crippen LogP contribution >= 0.6 is 0 Å². The molecule has 9 nitrogen and oxygen atoms in total. The average Bonchev–Trinajstić information content (AvgIpc) is 2.80. The summed E-state index contributed by atoms with van der Waals surface area (Å²) in [5.41, 5.74) is 0.118. The Bertz CT molecular complexity index is 1080. The number of carbonyl (C=O) groups is 2. The Morgan fingerprint density at radius 1 is 1.09 bits per heavy atom. The fourth-order valence-corrected chi connectivity index (χ4v) is 3.71. The smallest absolute Gasteiger partial charge is 0.363 e. The maximum Gasteiger partial charge on any atom is 0.416 e. The number of carbonyl (C=O) groups excluding carboxylic acids is 2. The van der Waals surface area contributed by atoms with Crippen LogP contribution in [0, 0.1) is 17.0 Å². The molecule has 0 aromatic heterocycles. The van der Waals surface area contributed by atoms with Crippen molar-refractivity contribution in [2.24, 2.45) is 0 Å². The summed E-state index contributed by atoms with van der Waals surface area (Å²) in [5, 5.41) is 14.1. The first-order valence-corrected chi connectivity index (χ1v) is 10.9. The molecule has 1 aliphatic rings. The van der Waals surface area contributed by atoms with Crippen molar-refractivity contribution in [3.8, 4) is 0 Å². The summed E-state index contributed by atoms with van der Waals surface area (Å²) in [6.45, 7) is 3.24. The third kappa shape index (κ3) is 6.92. The van der Waals surface area contributed by atoms with Crippen LogP contribution in [0.1, 0.15) is 11.1 Å². The van der Waals surface area contributed by atoms with Crippen LogP contribution in [0.3, 0.4) is 0 Å². The predicted molar refractivity (Wildman–Crippen MR) is 124 cm³/mol. The molecule has 35 heavy (non-hydrogen) atoms. The van der Waals surface area contributed by atoms with Crippen LogP contribution in [-0.2, 0) is 15.8 Å². The zero-order chi connectivity index (χ0) is 25.8. The van der Waals surface area contributed by atoms with Gasteiger partial charge in [-0.1, -0.05) is 17.7 Å². The highest BCUT2D eigenvalue weighted by atomic mass is 19.4. The van der Waals surface area contributed by atoms with Gasteiger partial charge in [0.15, 0.2) is 0 Å². The summed E-state index contributed by atoms with van der Waals surface area (Å²) in [7, 11) is 1.53. The van der Waals surface area contributed by atoms with Gasteiger partial charge in [-0.05, 0) is 31.2 Å². The lowest BCUT2D eigenvalue weighted by molar-refractivity contribution is -0.384. The van der Waals surface area contributed by atoms with Crippen LogP contribution in [0.15, 0.2) is 42.5 Å². The van der Waals surface area contributed by atoms with Crippen LogP contribution < -0.4 is 10.2 Å². The number of nitro benzene ring substituents is 1. The monoisotopic (exact) mass is 493 g/mol. The molecule has 1 fully saturated rings. The van der Waals surface area contributed by atoms with Gasteiger partial charge in [0, 0.05) is 45.0 Å². The summed E-state index contributed by atoms with van der Waals surface area (Å²) in [4.78, 5) is 40.1. The molecule has 0 atom stereocenters. The molecule has 0 radical (unpaired) electrons. The molecule has 0 bridgehead atoms. The fraction of sp³-hybridized carbons (Fsp3) is 0.391. The number of benzene rings is 2. The summed E-state index contributed by atoms with van der Waals surface area (Å²) in [6.07, 6.45) is -4.68. The molecule has 0 unspecified atom stereocenters. The third-order valence-corrected chi connectivity index (χ3v) is 5.71. The minimum Gasteiger partial charge on any atom is -0.363 e. The van der Waals surface area contributed by atoms with E-state index in [2.05, 4.69) is 5.32 Å². The Hall–Kier alpha value is -3.67. The quantitative estimate of drug-likeness (QED) is 0.470. The van der Waals surface area contributed by atoms with E-state index in [4.69, 9.17) is 0 Å². The number of halogens is 3. The molecule has 1 N–H and O–H groups in total. The van der Waals surface area contributed by atoms with E-state index < -0.39 is 22.4 Å². The first kappa shape index (κ1) is 25.9. The van der Waals surface area contributed by atoms with Crippen LogP contribution in [0.4, 0.5) is 30.2 Å². The van der Waals surface area contributed by atoms with E-state index in [1.54, 1.807) is 17.0 Å². The fourth-order valence-electron chi connectivity index (χ4n) is 3.71. The largest absolute Gasteiger partial charge is 0.416 e. The maximum absolute atomic E-state index is 12.9. The van der Waals surface area contributed by atoms with E-state index in [9.17, 15) is 32.9 Å². The molecule has 2 amide bonds. The van der Waals surface area contributed by atoms with Crippen LogP contribution in [0.2, 0.25) is 0 Å². The zero-order valence-corrected chi connectivity index (χ0v) is 19.3. The number of hydrogen-bond acceptors (Lipinski definition) is 6. The van der Waals surface area contributed by atoms with Gasteiger partial charge >= 0.3 is 6.18 Å². The highest BCUT2D eigenvalue weighted by Crippen LogP contribution is 2.36. The van der Waals surface area contributed by atoms with E-state index >= 15 is 0 Å². The van der Waals surface area contributed by atoms with Gasteiger partial charge in [0.1, 0.15) is 5.69 Å². The van der Waals surface area contributed by atoms with Gasteiger partial charge in [-0.2, -0.15) is 13.2 Å². The molecule has 1 heterocycles. The van der Waals surface area contributed by atoms with Crippen molar-refractivity contribution < 1.29 is 27.7 Å². The molecule has 2 aromatic carbocycles. The Morgan fingerprint density at radius 3 is 2.29 bits per heavy atom. The first-order valence-electron chi connectivity index (χ1n) is 10.9. The van der Waals surface area contributed by atoms with Gasteiger partial charge in [0.05, 0.1) is 23.6 Å². The van der Waals surface area contributed by atoms with Crippen LogP contribution in [-0.4, -0.2) is 72.9 Å². The first-order chi connectivity index (χ1) is 16.4. The molecular weight excluding hydrogens is 467 g/mol. The molecule has 0 spiro atoms. The normalized spacial score (nSPS) is 14.5. The van der Waals surface area contributed by atoms with Gasteiger partial charge in [-0.3, -0.25) is 24.6 Å². The number of piperazine rings is 1. The molecule has 1 aliphatic heterocycles. The number of aryl methyl sites for hydroxylation is 1. The summed E-state index contributed by atoms with van der Waals surface area (Å²) in [6, 6.07) is 9.76. The van der Waals surface area contributed by atoms with E-state index in [1.807, 2.05) is 24.0 Å². The number of nitro groups is 1. The van der Waals surface area contributed by atoms with Crippen LogP contribution in [0.5, 0.6) is 0 Å². The lowest BCUT2D eigenvalue weighted by Gasteiger charge is -2.36. The summed E-state index contributed by atoms with van der Waals surface area (Å²) < 4.78 is 38.8. The van der Waals surface area contributed by atoms with E-state index in [1.165, 1.54) is 11.9 Å². The van der Waals surface area contributed by atoms with E-state index in [-0.39, 0.29) is 30.6 Å². The Labute approximate surface area is 200 Å². The highest BCUT2D eigenvalue weighted by Gasteiger charge is 2.34. The van der Waals surface area contributed by atoms with Crippen molar-refractivity contribution in [3.63, 3.8) is 0 Å². The van der Waals surface area contributed by atoms with Crippen molar-refractivity contribution in [2.75, 3.05) is 56.5 Å². The standard InChI is InChI=1S/C23H26F3N5O4/c1-16-3-6-18(7-4-16)27-21(32)14-28(2)22(33)15-29-9-11-30(12-10-29)19-8-5-17(23(24,25)26)13-20(19)31(34)35/h3-8,13H,9-12,14-15H2,1-2H3,(H,27,32). The third-order valence-electron chi connectivity index (χ3n) is 5.71. The van der Waals surface area contributed by atoms with Crippen molar-refractivity contribution in [3.05, 3.63) is 63.7 Å². The SMILES string of the molecule is Cc1ccc(NC(=O)CN(C)C(=O)CN2CCN(c3ccc(C(F)(F)F)cc3[N+](=O)[O-])CC2)cc1. The minimum atomic E-state index is -4.68. The molecule has 3 rings (SSSR count). The van der Waals surface area contributed by atoms with Crippen LogP contribution in [0.25, 0.3) is 0 Å². The number of nitrogens with one attached hydrogen (secondary N) is 1. The average molecular weight is 493 g/mol. The van der Waals surface area contributed by atoms with Crippen molar-refractivity contribution in [1.82, 2.24) is 9.80 Å². The second-order valence-corrected chi connectivity index (χ2v) is 8.39. The van der Waals surface area contributed by atoms with E-state index in [0.29, 0.717) is 37.9 Å². The Kier molecular flexibility index (Phi) is 7.95. The number of hydrogen-bond donors (Lipinski definition) is 1. The second kappa shape index (κ2) is 10.7. The van der Waals surface area contributed by atoms with E-state index in [0.717, 1.165) is 17.7 Å². The minimum absolute atomic E-state index is 0.0528. The number of amides is 2. The number of anilines is 2. The summed E-state index contributed by atoms with van der Waals surface area (Å²) >= 11 is 0. The molecule has 0 saturated carbocycles. The lowest BCUT2D eigenvalue weighted by atomic mass is 10.1. The molecule has 188 valence electrons. The second-order valence-electron chi connectivity index (χ2n) is 8.39. The van der Waals surface area contributed by atoms with Crippen molar-refractivity contribution in [1.29, 1.82) is 0 Å². The van der Waals surface area contributed by atoms with Crippen molar-refractivity contribution >= 4 is 28.9 Å². The Balaban J connectivity index is 1.52. The lowest BCUT2D eigenvalue weighted by Crippen LogP contribution is -2.50. The van der Waals surface area contributed by atoms with Gasteiger partial charge in [-0.15, -0.1) is 0 Å². The molecule has 0 aliphatic carbocycles.